The number of ketones is 1. The van der Waals surface area contributed by atoms with Crippen LogP contribution in [0.15, 0.2) is 78.4 Å². The molecule has 2 N–H and O–H groups in total. The van der Waals surface area contributed by atoms with Crippen molar-refractivity contribution in [2.75, 3.05) is 35.8 Å². The fourth-order valence-electron chi connectivity index (χ4n) is 4.68. The highest BCUT2D eigenvalue weighted by atomic mass is 16.5. The van der Waals surface area contributed by atoms with E-state index in [0.717, 1.165) is 24.9 Å². The van der Waals surface area contributed by atoms with Crippen LogP contribution in [0.5, 0.6) is 5.75 Å². The van der Waals surface area contributed by atoms with Crippen molar-refractivity contribution in [1.82, 2.24) is 0 Å². The minimum absolute atomic E-state index is 0.00477. The zero-order valence-corrected chi connectivity index (χ0v) is 23.3. The Balaban J connectivity index is 1.75. The number of nitrogens with zero attached hydrogens (tertiary/aromatic N) is 2. The summed E-state index contributed by atoms with van der Waals surface area (Å²) in [7, 11) is 3.85. The van der Waals surface area contributed by atoms with Crippen molar-refractivity contribution in [1.29, 1.82) is 0 Å². The first-order valence-corrected chi connectivity index (χ1v) is 13.4. The second-order valence-electron chi connectivity index (χ2n) is 9.96. The van der Waals surface area contributed by atoms with Gasteiger partial charge in [0.15, 0.2) is 0 Å². The largest absolute Gasteiger partial charge is 0.507 e. The maximum atomic E-state index is 13.4. The number of rotatable bonds is 10. The molecule has 208 valence electrons. The van der Waals surface area contributed by atoms with Gasteiger partial charge in [0.2, 0.25) is 5.91 Å². The van der Waals surface area contributed by atoms with Gasteiger partial charge < -0.3 is 20.1 Å². The van der Waals surface area contributed by atoms with E-state index in [1.165, 1.54) is 11.8 Å². The van der Waals surface area contributed by atoms with Crippen LogP contribution in [0.2, 0.25) is 0 Å². The number of amides is 2. The minimum Gasteiger partial charge on any atom is -0.507 e. The van der Waals surface area contributed by atoms with E-state index >= 15 is 0 Å². The number of benzene rings is 3. The molecule has 0 aromatic heterocycles. The normalized spacial score (nSPS) is 16.2. The van der Waals surface area contributed by atoms with E-state index in [-0.39, 0.29) is 17.2 Å². The Morgan fingerprint density at radius 3 is 2.17 bits per heavy atom. The first-order valence-electron chi connectivity index (χ1n) is 13.4. The average Bonchev–Trinajstić information content (AvgIpc) is 3.21. The quantitative estimate of drug-likeness (QED) is 0.143. The number of hydrogen-bond donors (Lipinski definition) is 2. The van der Waals surface area contributed by atoms with Crippen LogP contribution in [-0.2, 0) is 14.4 Å². The first kappa shape index (κ1) is 28.4. The molecule has 0 radical (unpaired) electrons. The van der Waals surface area contributed by atoms with Crippen molar-refractivity contribution < 1.29 is 24.2 Å². The summed E-state index contributed by atoms with van der Waals surface area (Å²) < 4.78 is 5.78. The molecule has 1 aliphatic heterocycles. The van der Waals surface area contributed by atoms with Crippen LogP contribution in [-0.4, -0.2) is 43.4 Å². The molecule has 4 rings (SSSR count). The minimum atomic E-state index is -0.854. The molecule has 3 aromatic carbocycles. The molecule has 1 atom stereocenters. The van der Waals surface area contributed by atoms with Crippen LogP contribution in [0, 0.1) is 0 Å². The van der Waals surface area contributed by atoms with Crippen LogP contribution in [0.4, 0.5) is 17.1 Å². The summed E-state index contributed by atoms with van der Waals surface area (Å²) in [6.45, 7) is 4.15. The summed E-state index contributed by atoms with van der Waals surface area (Å²) in [5, 5.41) is 14.1. The number of unbranched alkanes of at least 4 members (excludes halogenated alkanes) is 2. The second kappa shape index (κ2) is 12.5. The fourth-order valence-corrected chi connectivity index (χ4v) is 4.68. The number of carbonyl (C=O) groups excluding carboxylic acids is 3. The Labute approximate surface area is 234 Å². The summed E-state index contributed by atoms with van der Waals surface area (Å²) in [5.41, 5.74) is 3.08. The van der Waals surface area contributed by atoms with Gasteiger partial charge in [0.05, 0.1) is 18.2 Å². The number of aliphatic hydroxyl groups is 1. The molecular formula is C32H35N3O5. The smallest absolute Gasteiger partial charge is 0.300 e. The molecule has 2 amide bonds. The fraction of sp³-hybridized carbons (Fsp3) is 0.281. The zero-order chi connectivity index (χ0) is 28.8. The van der Waals surface area contributed by atoms with Crippen LogP contribution in [0.25, 0.3) is 5.76 Å². The molecule has 1 unspecified atom stereocenters. The van der Waals surface area contributed by atoms with Gasteiger partial charge in [0.25, 0.3) is 11.7 Å². The maximum absolute atomic E-state index is 13.4. The Bertz CT molecular complexity index is 1390. The lowest BCUT2D eigenvalue weighted by Crippen LogP contribution is -2.29. The van der Waals surface area contributed by atoms with Gasteiger partial charge in [-0.05, 0) is 72.6 Å². The highest BCUT2D eigenvalue weighted by Crippen LogP contribution is 2.42. The molecule has 40 heavy (non-hydrogen) atoms. The molecule has 1 heterocycles. The lowest BCUT2D eigenvalue weighted by molar-refractivity contribution is -0.132. The van der Waals surface area contributed by atoms with E-state index in [9.17, 15) is 19.5 Å². The van der Waals surface area contributed by atoms with Gasteiger partial charge in [-0.1, -0.05) is 31.9 Å². The van der Waals surface area contributed by atoms with E-state index in [0.29, 0.717) is 34.9 Å². The summed E-state index contributed by atoms with van der Waals surface area (Å²) in [5.74, 6) is -1.32. The van der Waals surface area contributed by atoms with E-state index in [1.54, 1.807) is 48.5 Å². The SMILES string of the molecule is CCCCCOc1ccc(/C(O)=C2/C(=O)C(=O)N(c3ccc(NC(C)=O)cc3)C2c2ccc(N(C)C)cc2)cc1. The average molecular weight is 542 g/mol. The molecule has 8 nitrogen and oxygen atoms in total. The Kier molecular flexibility index (Phi) is 8.89. The first-order chi connectivity index (χ1) is 19.2. The molecule has 8 heteroatoms. The summed E-state index contributed by atoms with van der Waals surface area (Å²) in [4.78, 5) is 41.7. The van der Waals surface area contributed by atoms with E-state index < -0.39 is 17.7 Å². The number of ether oxygens (including phenoxy) is 1. The third-order valence-electron chi connectivity index (χ3n) is 6.78. The monoisotopic (exact) mass is 541 g/mol. The van der Waals surface area contributed by atoms with Gasteiger partial charge in [-0.15, -0.1) is 0 Å². The highest BCUT2D eigenvalue weighted by Gasteiger charge is 2.47. The summed E-state index contributed by atoms with van der Waals surface area (Å²) in [6, 6.07) is 20.2. The Morgan fingerprint density at radius 1 is 0.950 bits per heavy atom. The van der Waals surface area contributed by atoms with Crippen LogP contribution < -0.4 is 19.9 Å². The number of carbonyl (C=O) groups is 3. The van der Waals surface area contributed by atoms with Crippen LogP contribution >= 0.6 is 0 Å². The lowest BCUT2D eigenvalue weighted by atomic mass is 9.95. The van der Waals surface area contributed by atoms with E-state index in [1.807, 2.05) is 43.3 Å². The lowest BCUT2D eigenvalue weighted by Gasteiger charge is -2.26. The van der Waals surface area contributed by atoms with E-state index in [2.05, 4.69) is 12.2 Å². The molecule has 1 saturated heterocycles. The van der Waals surface area contributed by atoms with Gasteiger partial charge in [-0.2, -0.15) is 0 Å². The predicted octanol–water partition coefficient (Wildman–Crippen LogP) is 5.91. The van der Waals surface area contributed by atoms with E-state index in [4.69, 9.17) is 4.74 Å². The third kappa shape index (κ3) is 6.17. The van der Waals surface area contributed by atoms with Crippen LogP contribution in [0.1, 0.15) is 50.3 Å². The Hall–Kier alpha value is -4.59. The molecule has 0 bridgehead atoms. The Morgan fingerprint density at radius 2 is 1.60 bits per heavy atom. The van der Waals surface area contributed by atoms with Crippen molar-refractivity contribution in [3.05, 3.63) is 89.5 Å². The third-order valence-corrected chi connectivity index (χ3v) is 6.78. The molecule has 3 aromatic rings. The summed E-state index contributed by atoms with van der Waals surface area (Å²) >= 11 is 0. The van der Waals surface area contributed by atoms with Gasteiger partial charge in [-0.25, -0.2) is 0 Å². The number of Topliss-reactive ketones (excluding diaryl/α,β-unsaturated/α-hetero) is 1. The molecule has 0 spiro atoms. The number of aliphatic hydroxyl groups excluding tert-OH is 1. The van der Waals surface area contributed by atoms with Crippen LogP contribution in [0.3, 0.4) is 0 Å². The van der Waals surface area contributed by atoms with Crippen molar-refractivity contribution in [3.63, 3.8) is 0 Å². The molecule has 0 aliphatic carbocycles. The number of anilines is 3. The van der Waals surface area contributed by atoms with Crippen molar-refractivity contribution in [3.8, 4) is 5.75 Å². The zero-order valence-electron chi connectivity index (χ0n) is 23.3. The van der Waals surface area contributed by atoms with Gasteiger partial charge >= 0.3 is 0 Å². The van der Waals surface area contributed by atoms with Crippen molar-refractivity contribution in [2.24, 2.45) is 0 Å². The second-order valence-corrected chi connectivity index (χ2v) is 9.96. The van der Waals surface area contributed by atoms with Gasteiger partial charge in [0.1, 0.15) is 11.5 Å². The molecule has 0 saturated carbocycles. The van der Waals surface area contributed by atoms with Gasteiger partial charge in [-0.3, -0.25) is 19.3 Å². The summed E-state index contributed by atoms with van der Waals surface area (Å²) in [6.07, 6.45) is 3.15. The maximum Gasteiger partial charge on any atom is 0.300 e. The topological polar surface area (TPSA) is 99.2 Å². The molecule has 1 aliphatic rings. The number of nitrogens with one attached hydrogen (secondary N) is 1. The molecular weight excluding hydrogens is 506 g/mol. The highest BCUT2D eigenvalue weighted by molar-refractivity contribution is 6.51. The standard InChI is InChI=1S/C32H35N3O5/c1-5-6-7-20-40-27-18-10-23(11-19-27)30(37)28-29(22-8-14-25(15-9-22)34(3)4)35(32(39)31(28)38)26-16-12-24(13-17-26)33-21(2)36/h8-19,29,37H,5-7,20H2,1-4H3,(H,33,36)/b30-28-. The predicted molar refractivity (Wildman–Crippen MR) is 158 cm³/mol. The van der Waals surface area contributed by atoms with Gasteiger partial charge in [0, 0.05) is 43.6 Å². The van der Waals surface area contributed by atoms with Crippen molar-refractivity contribution >= 4 is 40.4 Å². The molecule has 1 fully saturated rings. The number of hydrogen-bond acceptors (Lipinski definition) is 6. The van der Waals surface area contributed by atoms with Crippen molar-refractivity contribution in [2.45, 2.75) is 39.2 Å².